The van der Waals surface area contributed by atoms with E-state index in [-0.39, 0.29) is 12.2 Å². The lowest BCUT2D eigenvalue weighted by Crippen LogP contribution is -2.12. The number of carbonyl (C=O) groups is 1. The second-order valence-electron chi connectivity index (χ2n) is 3.01. The molecule has 0 aliphatic rings. The molecule has 88 valence electrons. The maximum absolute atomic E-state index is 13.3. The number of ether oxygens (including phenoxy) is 1. The number of hydrogen-bond acceptors (Lipinski definition) is 3. The second-order valence-corrected chi connectivity index (χ2v) is 3.01. The summed E-state index contributed by atoms with van der Waals surface area (Å²) >= 11 is 0. The first-order valence-corrected chi connectivity index (χ1v) is 4.59. The topological polar surface area (TPSA) is 39.2 Å². The molecule has 0 saturated carbocycles. The van der Waals surface area contributed by atoms with Crippen LogP contribution < -0.4 is 0 Å². The number of aromatic nitrogens is 1. The van der Waals surface area contributed by atoms with Crippen LogP contribution in [-0.4, -0.2) is 17.6 Å². The average Bonchev–Trinajstić information content (AvgIpc) is 2.17. The fraction of sp³-hybridized carbons (Fsp3) is 0.400. The highest BCUT2D eigenvalue weighted by atomic mass is 19.3. The van der Waals surface area contributed by atoms with Crippen LogP contribution in [-0.2, 0) is 4.74 Å². The molecule has 6 heteroatoms. The van der Waals surface area contributed by atoms with Gasteiger partial charge in [-0.2, -0.15) is 0 Å². The minimum Gasteiger partial charge on any atom is -0.462 e. The van der Waals surface area contributed by atoms with Gasteiger partial charge in [0.2, 0.25) is 0 Å². The third-order valence-electron chi connectivity index (χ3n) is 2.00. The lowest BCUT2D eigenvalue weighted by molar-refractivity contribution is 0.0519. The molecule has 0 spiro atoms. The summed E-state index contributed by atoms with van der Waals surface area (Å²) < 4.78 is 42.7. The van der Waals surface area contributed by atoms with Crippen molar-refractivity contribution in [3.63, 3.8) is 0 Å². The predicted octanol–water partition coefficient (Wildman–Crippen LogP) is 2.64. The number of rotatable bonds is 3. The largest absolute Gasteiger partial charge is 0.462 e. The van der Waals surface area contributed by atoms with Gasteiger partial charge in [0.25, 0.3) is 6.43 Å². The zero-order valence-electron chi connectivity index (χ0n) is 8.76. The Morgan fingerprint density at radius 3 is 2.69 bits per heavy atom. The number of nitrogens with zero attached hydrogens (tertiary/aromatic N) is 1. The summed E-state index contributed by atoms with van der Waals surface area (Å²) in [4.78, 5) is 14.6. The monoisotopic (exact) mass is 233 g/mol. The van der Waals surface area contributed by atoms with Gasteiger partial charge in [0, 0.05) is 0 Å². The molecule has 0 amide bonds. The maximum atomic E-state index is 13.3. The molecule has 0 aliphatic heterocycles. The zero-order chi connectivity index (χ0) is 12.3. The average molecular weight is 233 g/mol. The number of halogens is 3. The van der Waals surface area contributed by atoms with Crippen molar-refractivity contribution in [2.24, 2.45) is 0 Å². The summed E-state index contributed by atoms with van der Waals surface area (Å²) in [7, 11) is 0. The molecule has 0 aromatic carbocycles. The Bertz CT molecular complexity index is 407. The Kier molecular flexibility index (Phi) is 3.87. The summed E-state index contributed by atoms with van der Waals surface area (Å²) in [6.07, 6.45) is -2.26. The third-order valence-corrected chi connectivity index (χ3v) is 2.00. The van der Waals surface area contributed by atoms with Gasteiger partial charge in [0.05, 0.1) is 12.8 Å². The van der Waals surface area contributed by atoms with Crippen molar-refractivity contribution >= 4 is 5.97 Å². The third kappa shape index (κ3) is 2.32. The van der Waals surface area contributed by atoms with E-state index in [0.717, 1.165) is 0 Å². The maximum Gasteiger partial charge on any atom is 0.341 e. The van der Waals surface area contributed by atoms with Crippen LogP contribution >= 0.6 is 0 Å². The van der Waals surface area contributed by atoms with Crippen molar-refractivity contribution in [2.75, 3.05) is 6.61 Å². The molecule has 0 bridgehead atoms. The van der Waals surface area contributed by atoms with Crippen LogP contribution in [0.1, 0.15) is 35.0 Å². The van der Waals surface area contributed by atoms with E-state index in [1.165, 1.54) is 6.92 Å². The van der Waals surface area contributed by atoms with Gasteiger partial charge in [-0.05, 0) is 19.4 Å². The van der Waals surface area contributed by atoms with Crippen LogP contribution in [0.4, 0.5) is 13.2 Å². The van der Waals surface area contributed by atoms with Crippen molar-refractivity contribution in [1.82, 2.24) is 4.98 Å². The van der Waals surface area contributed by atoms with E-state index in [4.69, 9.17) is 0 Å². The van der Waals surface area contributed by atoms with E-state index < -0.39 is 29.5 Å². The first kappa shape index (κ1) is 12.5. The number of carbonyl (C=O) groups excluding carboxylic acids is 1. The Hall–Kier alpha value is -1.59. The van der Waals surface area contributed by atoms with Crippen LogP contribution in [0.3, 0.4) is 0 Å². The molecular formula is C10H10F3NO2. The molecular weight excluding hydrogens is 223 g/mol. The Morgan fingerprint density at radius 2 is 2.19 bits per heavy atom. The fourth-order valence-corrected chi connectivity index (χ4v) is 1.27. The zero-order valence-corrected chi connectivity index (χ0v) is 8.76. The number of esters is 1. The van der Waals surface area contributed by atoms with Crippen LogP contribution in [0.25, 0.3) is 0 Å². The van der Waals surface area contributed by atoms with E-state index in [1.54, 1.807) is 6.92 Å². The highest BCUT2D eigenvalue weighted by Gasteiger charge is 2.23. The number of hydrogen-bond donors (Lipinski definition) is 0. The summed E-state index contributed by atoms with van der Waals surface area (Å²) in [6.45, 7) is 2.80. The van der Waals surface area contributed by atoms with E-state index in [9.17, 15) is 18.0 Å². The number of alkyl halides is 2. The fourth-order valence-electron chi connectivity index (χ4n) is 1.27. The molecule has 0 saturated heterocycles. The Morgan fingerprint density at radius 1 is 1.56 bits per heavy atom. The lowest BCUT2D eigenvalue weighted by atomic mass is 10.1. The molecule has 0 fully saturated rings. The molecule has 16 heavy (non-hydrogen) atoms. The van der Waals surface area contributed by atoms with Gasteiger partial charge < -0.3 is 4.74 Å². The van der Waals surface area contributed by atoms with Crippen molar-refractivity contribution in [3.8, 4) is 0 Å². The van der Waals surface area contributed by atoms with E-state index in [0.29, 0.717) is 6.20 Å². The minimum absolute atomic E-state index is 0.0457. The Balaban J connectivity index is 3.26. The van der Waals surface area contributed by atoms with Crippen LogP contribution in [0.15, 0.2) is 6.20 Å². The van der Waals surface area contributed by atoms with E-state index in [2.05, 4.69) is 9.72 Å². The van der Waals surface area contributed by atoms with Crippen molar-refractivity contribution < 1.29 is 22.7 Å². The molecule has 1 heterocycles. The first-order valence-electron chi connectivity index (χ1n) is 4.59. The quantitative estimate of drug-likeness (QED) is 0.753. The van der Waals surface area contributed by atoms with Crippen molar-refractivity contribution in [3.05, 3.63) is 28.8 Å². The van der Waals surface area contributed by atoms with Gasteiger partial charge in [-0.15, -0.1) is 0 Å². The molecule has 0 unspecified atom stereocenters. The SMILES string of the molecule is CCOC(=O)c1c(F)cnc(C(F)F)c1C. The van der Waals surface area contributed by atoms with Gasteiger partial charge in [-0.3, -0.25) is 4.98 Å². The smallest absolute Gasteiger partial charge is 0.341 e. The van der Waals surface area contributed by atoms with Crippen LogP contribution in [0.5, 0.6) is 0 Å². The van der Waals surface area contributed by atoms with Crippen LogP contribution in [0.2, 0.25) is 0 Å². The molecule has 0 aliphatic carbocycles. The standard InChI is InChI=1S/C10H10F3NO2/c1-3-16-10(15)7-5(2)8(9(12)13)14-4-6(7)11/h4,9H,3H2,1-2H3. The van der Waals surface area contributed by atoms with Gasteiger partial charge in [-0.1, -0.05) is 0 Å². The summed E-state index contributed by atoms with van der Waals surface area (Å²) in [5, 5.41) is 0. The molecule has 1 rings (SSSR count). The highest BCUT2D eigenvalue weighted by Crippen LogP contribution is 2.24. The summed E-state index contributed by atoms with van der Waals surface area (Å²) in [6, 6.07) is 0. The second kappa shape index (κ2) is 4.96. The molecule has 0 N–H and O–H groups in total. The molecule has 0 radical (unpaired) electrons. The number of pyridine rings is 1. The Labute approximate surface area is 90.2 Å². The summed E-state index contributed by atoms with van der Waals surface area (Å²) in [5.74, 6) is -1.91. The van der Waals surface area contributed by atoms with Crippen molar-refractivity contribution in [1.29, 1.82) is 0 Å². The van der Waals surface area contributed by atoms with Crippen molar-refractivity contribution in [2.45, 2.75) is 20.3 Å². The molecule has 0 atom stereocenters. The van der Waals surface area contributed by atoms with Gasteiger partial charge in [-0.25, -0.2) is 18.0 Å². The van der Waals surface area contributed by atoms with E-state index in [1.807, 2.05) is 0 Å². The predicted molar refractivity (Wildman–Crippen MR) is 49.8 cm³/mol. The van der Waals surface area contributed by atoms with Gasteiger partial charge in [0.1, 0.15) is 11.3 Å². The summed E-state index contributed by atoms with van der Waals surface area (Å²) in [5.41, 5.74) is -1.27. The molecule has 1 aromatic heterocycles. The molecule has 3 nitrogen and oxygen atoms in total. The normalized spacial score (nSPS) is 10.6. The highest BCUT2D eigenvalue weighted by molar-refractivity contribution is 5.91. The van der Waals surface area contributed by atoms with Gasteiger partial charge >= 0.3 is 5.97 Å². The van der Waals surface area contributed by atoms with Gasteiger partial charge in [0.15, 0.2) is 5.82 Å². The minimum atomic E-state index is -2.85. The van der Waals surface area contributed by atoms with E-state index >= 15 is 0 Å². The lowest BCUT2D eigenvalue weighted by Gasteiger charge is -2.09. The molecule has 1 aromatic rings. The first-order chi connectivity index (χ1) is 7.49. The van der Waals surface area contributed by atoms with Crippen LogP contribution in [0, 0.1) is 12.7 Å².